The van der Waals surface area contributed by atoms with Crippen LogP contribution in [0.25, 0.3) is 0 Å². The fraction of sp³-hybridized carbons (Fsp3) is 0.350. The van der Waals surface area contributed by atoms with Crippen LogP contribution in [-0.4, -0.2) is 34.6 Å². The average molecular weight is 407 g/mol. The molecule has 0 spiro atoms. The van der Waals surface area contributed by atoms with Crippen LogP contribution in [0.15, 0.2) is 47.4 Å². The van der Waals surface area contributed by atoms with Gasteiger partial charge < -0.3 is 14.8 Å². The maximum atomic E-state index is 12.9. The van der Waals surface area contributed by atoms with Crippen molar-refractivity contribution in [3.63, 3.8) is 0 Å². The summed E-state index contributed by atoms with van der Waals surface area (Å²) in [6.07, 6.45) is 0. The van der Waals surface area contributed by atoms with E-state index in [1.807, 2.05) is 26.0 Å². The van der Waals surface area contributed by atoms with Gasteiger partial charge in [0.15, 0.2) is 0 Å². The topological polar surface area (TPSA) is 93.7 Å². The molecule has 0 aromatic heterocycles. The normalized spacial score (nSPS) is 12.5. The summed E-state index contributed by atoms with van der Waals surface area (Å²) in [7, 11) is -0.924. The number of hydrogen-bond donors (Lipinski definition) is 2. The van der Waals surface area contributed by atoms with Crippen molar-refractivity contribution in [3.8, 4) is 11.5 Å². The number of carbonyl (C=O) groups excluding carboxylic acids is 1. The quantitative estimate of drug-likeness (QED) is 0.703. The Kier molecular flexibility index (Phi) is 7.04. The van der Waals surface area contributed by atoms with Crippen molar-refractivity contribution < 1.29 is 22.7 Å². The van der Waals surface area contributed by atoms with Crippen LogP contribution in [0.4, 0.5) is 0 Å². The lowest BCUT2D eigenvalue weighted by molar-refractivity contribution is 0.0940. The number of para-hydroxylation sites is 1. The lowest BCUT2D eigenvalue weighted by Gasteiger charge is -2.18. The van der Waals surface area contributed by atoms with E-state index in [9.17, 15) is 13.2 Å². The van der Waals surface area contributed by atoms with Crippen molar-refractivity contribution in [3.05, 3.63) is 53.6 Å². The number of ether oxygens (including phenoxy) is 2. The molecule has 8 heteroatoms. The molecule has 0 saturated carbocycles. The highest BCUT2D eigenvalue weighted by Gasteiger charge is 2.23. The van der Waals surface area contributed by atoms with Gasteiger partial charge >= 0.3 is 0 Å². The van der Waals surface area contributed by atoms with Crippen molar-refractivity contribution in [1.29, 1.82) is 0 Å². The summed E-state index contributed by atoms with van der Waals surface area (Å²) in [6, 6.07) is 10.7. The second kappa shape index (κ2) is 9.07. The zero-order valence-corrected chi connectivity index (χ0v) is 17.5. The van der Waals surface area contributed by atoms with E-state index in [-0.39, 0.29) is 16.5 Å². The van der Waals surface area contributed by atoms with Crippen LogP contribution < -0.4 is 19.5 Å². The van der Waals surface area contributed by atoms with Gasteiger partial charge in [0.1, 0.15) is 11.5 Å². The number of benzene rings is 2. The molecule has 1 amide bonds. The summed E-state index contributed by atoms with van der Waals surface area (Å²) >= 11 is 0. The number of nitrogens with one attached hydrogen (secondary N) is 2. The van der Waals surface area contributed by atoms with Gasteiger partial charge in [0.25, 0.3) is 5.91 Å². The van der Waals surface area contributed by atoms with E-state index in [4.69, 9.17) is 9.47 Å². The van der Waals surface area contributed by atoms with Crippen molar-refractivity contribution in [2.75, 3.05) is 14.2 Å². The van der Waals surface area contributed by atoms with Gasteiger partial charge in [0.05, 0.1) is 24.7 Å². The molecule has 28 heavy (non-hydrogen) atoms. The first kappa shape index (κ1) is 21.7. The fourth-order valence-corrected chi connectivity index (χ4v) is 4.01. The van der Waals surface area contributed by atoms with Crippen molar-refractivity contribution in [2.24, 2.45) is 0 Å². The molecular formula is C20H26N2O5S. The van der Waals surface area contributed by atoms with Crippen LogP contribution in [0, 0.1) is 0 Å². The Morgan fingerprint density at radius 2 is 1.61 bits per heavy atom. The van der Waals surface area contributed by atoms with E-state index < -0.39 is 22.0 Å². The van der Waals surface area contributed by atoms with Gasteiger partial charge in [-0.1, -0.05) is 18.2 Å². The summed E-state index contributed by atoms with van der Waals surface area (Å²) in [6.45, 7) is 5.37. The minimum Gasteiger partial charge on any atom is -0.496 e. The Balaban J connectivity index is 2.36. The Hall–Kier alpha value is -2.58. The molecule has 0 aliphatic rings. The molecule has 2 N–H and O–H groups in total. The van der Waals surface area contributed by atoms with E-state index in [1.54, 1.807) is 19.1 Å². The van der Waals surface area contributed by atoms with E-state index in [1.165, 1.54) is 32.4 Å². The first-order valence-electron chi connectivity index (χ1n) is 8.83. The van der Waals surface area contributed by atoms with Crippen molar-refractivity contribution in [1.82, 2.24) is 10.0 Å². The Labute approximate surface area is 166 Å². The molecule has 7 nitrogen and oxygen atoms in total. The largest absolute Gasteiger partial charge is 0.496 e. The zero-order valence-electron chi connectivity index (χ0n) is 16.6. The monoisotopic (exact) mass is 406 g/mol. The smallest absolute Gasteiger partial charge is 0.255 e. The lowest BCUT2D eigenvalue weighted by Crippen LogP contribution is -2.31. The molecule has 0 saturated heterocycles. The molecule has 2 aromatic rings. The summed E-state index contributed by atoms with van der Waals surface area (Å²) in [5.41, 5.74) is 0.865. The predicted molar refractivity (Wildman–Crippen MR) is 107 cm³/mol. The first-order valence-corrected chi connectivity index (χ1v) is 10.3. The summed E-state index contributed by atoms with van der Waals surface area (Å²) in [5, 5.41) is 2.74. The Bertz CT molecular complexity index is 941. The minimum atomic E-state index is -3.88. The highest BCUT2D eigenvalue weighted by Crippen LogP contribution is 2.27. The lowest BCUT2D eigenvalue weighted by atomic mass is 10.1. The molecule has 0 aliphatic carbocycles. The SMILES string of the molecule is COc1ccc(S(=O)(=O)N[C@@H](C)c2ccccc2OC)cc1C(=O)NC(C)C. The second-order valence-corrected chi connectivity index (χ2v) is 8.29. The number of amides is 1. The number of carbonyl (C=O) groups is 1. The van der Waals surface area contributed by atoms with E-state index >= 15 is 0 Å². The Morgan fingerprint density at radius 1 is 0.964 bits per heavy atom. The predicted octanol–water partition coefficient (Wildman–Crippen LogP) is 2.88. The number of methoxy groups -OCH3 is 2. The standard InChI is InChI=1S/C20H26N2O5S/c1-13(2)21-20(23)17-12-15(10-11-19(17)27-5)28(24,25)22-14(3)16-8-6-7-9-18(16)26-4/h6-14,22H,1-5H3,(H,21,23)/t14-/m0/s1. The van der Waals surface area contributed by atoms with Crippen LogP contribution in [0.1, 0.15) is 42.7 Å². The van der Waals surface area contributed by atoms with Gasteiger partial charge in [0.2, 0.25) is 10.0 Å². The highest BCUT2D eigenvalue weighted by atomic mass is 32.2. The third-order valence-electron chi connectivity index (χ3n) is 4.08. The molecule has 0 heterocycles. The van der Waals surface area contributed by atoms with Gasteiger partial charge in [-0.15, -0.1) is 0 Å². The van der Waals surface area contributed by atoms with Gasteiger partial charge in [-0.2, -0.15) is 0 Å². The van der Waals surface area contributed by atoms with E-state index in [0.29, 0.717) is 17.1 Å². The highest BCUT2D eigenvalue weighted by molar-refractivity contribution is 7.89. The molecular weight excluding hydrogens is 380 g/mol. The molecule has 152 valence electrons. The van der Waals surface area contributed by atoms with E-state index in [2.05, 4.69) is 10.0 Å². The fourth-order valence-electron chi connectivity index (χ4n) is 2.76. The van der Waals surface area contributed by atoms with Gasteiger partial charge in [0, 0.05) is 17.6 Å². The van der Waals surface area contributed by atoms with Crippen LogP contribution >= 0.6 is 0 Å². The molecule has 0 radical (unpaired) electrons. The maximum absolute atomic E-state index is 12.9. The molecule has 2 aromatic carbocycles. The number of rotatable bonds is 8. The first-order chi connectivity index (χ1) is 13.2. The third kappa shape index (κ3) is 5.02. The molecule has 0 unspecified atom stereocenters. The molecule has 1 atom stereocenters. The minimum absolute atomic E-state index is 0.0241. The van der Waals surface area contributed by atoms with E-state index in [0.717, 1.165) is 0 Å². The number of hydrogen-bond acceptors (Lipinski definition) is 5. The molecule has 0 bridgehead atoms. The van der Waals surface area contributed by atoms with Crippen LogP contribution in [0.2, 0.25) is 0 Å². The van der Waals surface area contributed by atoms with Gasteiger partial charge in [-0.3, -0.25) is 4.79 Å². The summed E-state index contributed by atoms with van der Waals surface area (Å²) < 4.78 is 38.9. The van der Waals surface area contributed by atoms with Crippen molar-refractivity contribution in [2.45, 2.75) is 37.8 Å². The summed E-state index contributed by atoms with van der Waals surface area (Å²) in [4.78, 5) is 12.4. The summed E-state index contributed by atoms with van der Waals surface area (Å²) in [5.74, 6) is 0.487. The second-order valence-electron chi connectivity index (χ2n) is 6.58. The molecule has 0 aliphatic heterocycles. The van der Waals surface area contributed by atoms with Crippen LogP contribution in [0.5, 0.6) is 11.5 Å². The van der Waals surface area contributed by atoms with Crippen LogP contribution in [-0.2, 0) is 10.0 Å². The number of sulfonamides is 1. The maximum Gasteiger partial charge on any atom is 0.255 e. The molecule has 2 rings (SSSR count). The molecule has 0 fully saturated rings. The average Bonchev–Trinajstić information content (AvgIpc) is 2.66. The van der Waals surface area contributed by atoms with Crippen LogP contribution in [0.3, 0.4) is 0 Å². The third-order valence-corrected chi connectivity index (χ3v) is 5.62. The Morgan fingerprint density at radius 3 is 2.21 bits per heavy atom. The van der Waals surface area contributed by atoms with Gasteiger partial charge in [-0.05, 0) is 45.0 Å². The van der Waals surface area contributed by atoms with Crippen molar-refractivity contribution >= 4 is 15.9 Å². The zero-order chi connectivity index (χ0) is 20.9. The van der Waals surface area contributed by atoms with Gasteiger partial charge in [-0.25, -0.2) is 13.1 Å².